The summed E-state index contributed by atoms with van der Waals surface area (Å²) in [6.07, 6.45) is 25.5. The molecule has 0 spiro atoms. The molecule has 1 atom stereocenters. The number of aliphatic hydroxyl groups is 2. The summed E-state index contributed by atoms with van der Waals surface area (Å²) in [7, 11) is 13.3. The van der Waals surface area contributed by atoms with E-state index >= 15 is 0 Å². The fourth-order valence-electron chi connectivity index (χ4n) is 23.0. The summed E-state index contributed by atoms with van der Waals surface area (Å²) in [5, 5.41) is 24.6. The molecule has 138 heavy (non-hydrogen) atoms. The zero-order valence-corrected chi connectivity index (χ0v) is 82.2. The quantitative estimate of drug-likeness (QED) is 0.0644. The van der Waals surface area contributed by atoms with Crippen LogP contribution in [0.25, 0.3) is 43.6 Å². The van der Waals surface area contributed by atoms with Gasteiger partial charge in [-0.2, -0.15) is 0 Å². The lowest BCUT2D eigenvalue weighted by molar-refractivity contribution is 0.0819. The highest BCUT2D eigenvalue weighted by Crippen LogP contribution is 2.49. The first-order valence-electron chi connectivity index (χ1n) is 52.1. The molecule has 24 nitrogen and oxygen atoms in total. The summed E-state index contributed by atoms with van der Waals surface area (Å²) in [5.74, 6) is 16.8. The number of hydrogen-bond acceptors (Lipinski definition) is 24. The van der Waals surface area contributed by atoms with Crippen LogP contribution in [0, 0.1) is 0 Å². The van der Waals surface area contributed by atoms with Gasteiger partial charge in [0.25, 0.3) is 0 Å². The molecule has 724 valence electrons. The Balaban J connectivity index is 0.000000110. The molecule has 24 rings (SSSR count). The zero-order chi connectivity index (χ0) is 93.9. The van der Waals surface area contributed by atoms with Gasteiger partial charge in [-0.05, 0) is 305 Å². The molecule has 2 N–H and O–H groups in total. The summed E-state index contributed by atoms with van der Waals surface area (Å²) >= 11 is 0. The van der Waals surface area contributed by atoms with Gasteiger partial charge in [0.2, 0.25) is 0 Å². The van der Waals surface area contributed by atoms with Crippen LogP contribution in [0.15, 0.2) is 170 Å². The highest BCUT2D eigenvalue weighted by Gasteiger charge is 2.38. The van der Waals surface area contributed by atoms with Crippen molar-refractivity contribution < 1.29 is 33.9 Å². The van der Waals surface area contributed by atoms with Crippen LogP contribution in [-0.2, 0) is 4.74 Å². The molecular weight excluding hydrogens is 1720 g/mol. The first-order chi connectivity index (χ1) is 67.7. The lowest BCUT2D eigenvalue weighted by Gasteiger charge is -2.37. The van der Waals surface area contributed by atoms with E-state index in [2.05, 4.69) is 216 Å². The van der Waals surface area contributed by atoms with Crippen molar-refractivity contribution in [2.75, 3.05) is 194 Å². The molecule has 12 fully saturated rings. The zero-order valence-electron chi connectivity index (χ0n) is 82.2. The van der Waals surface area contributed by atoms with E-state index in [4.69, 9.17) is 63.6 Å². The maximum absolute atomic E-state index is 10.0. The van der Waals surface area contributed by atoms with Crippen LogP contribution >= 0.6 is 0 Å². The summed E-state index contributed by atoms with van der Waals surface area (Å²) in [5.41, 5.74) is 14.6. The number of para-hydroxylation sites is 4. The van der Waals surface area contributed by atoms with Crippen molar-refractivity contribution in [3.8, 4) is 23.0 Å². The number of aliphatic hydroxyl groups excluding tert-OH is 2. The minimum atomic E-state index is -0.234. The number of methoxy groups -OCH3 is 5. The van der Waals surface area contributed by atoms with Gasteiger partial charge in [-0.15, -0.1) is 0 Å². The van der Waals surface area contributed by atoms with Crippen LogP contribution in [0.5, 0.6) is 23.0 Å². The molecule has 1 unspecified atom stereocenters. The highest BCUT2D eigenvalue weighted by atomic mass is 16.5. The van der Waals surface area contributed by atoms with E-state index in [0.29, 0.717) is 66.0 Å². The molecule has 4 aromatic heterocycles. The lowest BCUT2D eigenvalue weighted by atomic mass is 9.88. The number of benzene rings is 8. The molecule has 4 aliphatic carbocycles. The average molecular weight is 1860 g/mol. The van der Waals surface area contributed by atoms with Crippen molar-refractivity contribution in [3.63, 3.8) is 0 Å². The number of aromatic nitrogens is 8. The maximum Gasteiger partial charge on any atom is 0.140 e. The molecule has 8 aromatic carbocycles. The Kier molecular flexibility index (Phi) is 28.2. The van der Waals surface area contributed by atoms with E-state index in [1.807, 2.05) is 19.2 Å². The van der Waals surface area contributed by atoms with Crippen molar-refractivity contribution in [1.82, 2.24) is 44.8 Å². The fourth-order valence-corrected chi connectivity index (χ4v) is 23.0. The van der Waals surface area contributed by atoms with Crippen LogP contribution in [0.2, 0.25) is 0 Å². The fraction of sp³-hybridized carbons (Fsp3) is 0.509. The second-order valence-electron chi connectivity index (χ2n) is 41.2. The summed E-state index contributed by atoms with van der Waals surface area (Å²) < 4.78 is 28.2. The van der Waals surface area contributed by atoms with Crippen molar-refractivity contribution in [1.29, 1.82) is 0 Å². The number of anilines is 8. The Morgan fingerprint density at radius 1 is 0.254 bits per heavy atom. The third kappa shape index (κ3) is 20.9. The van der Waals surface area contributed by atoms with Gasteiger partial charge in [0, 0.05) is 186 Å². The molecule has 4 saturated carbocycles. The van der Waals surface area contributed by atoms with E-state index in [9.17, 15) is 10.2 Å². The lowest BCUT2D eigenvalue weighted by Crippen LogP contribution is -2.42. The predicted molar refractivity (Wildman–Crippen MR) is 556 cm³/mol. The number of hydrogen-bond donors (Lipinski definition) is 2. The monoisotopic (exact) mass is 1860 g/mol. The molecule has 12 aliphatic rings. The number of piperidine rings is 7. The number of rotatable bonds is 22. The number of ether oxygens (including phenoxy) is 5. The summed E-state index contributed by atoms with van der Waals surface area (Å²) in [6.45, 7) is 15.6. The second kappa shape index (κ2) is 41.9. The van der Waals surface area contributed by atoms with E-state index in [1.54, 1.807) is 28.4 Å². The number of nitrogens with zero attached hydrogens (tertiary/aromatic N) is 17. The average Bonchev–Trinajstić information content (AvgIpc) is 1.49. The molecule has 0 bridgehead atoms. The normalized spacial score (nSPS) is 20.4. The molecule has 0 amide bonds. The molecule has 12 heterocycles. The van der Waals surface area contributed by atoms with Crippen LogP contribution in [0.4, 0.5) is 46.0 Å². The molecule has 0 radical (unpaired) electrons. The van der Waals surface area contributed by atoms with Crippen LogP contribution < -0.4 is 58.1 Å². The summed E-state index contributed by atoms with van der Waals surface area (Å²) in [4.78, 5) is 62.6. The third-order valence-corrected chi connectivity index (χ3v) is 32.0. The second-order valence-corrected chi connectivity index (χ2v) is 41.2. The Labute approximate surface area is 814 Å². The topological polar surface area (TPSA) is 219 Å². The van der Waals surface area contributed by atoms with Gasteiger partial charge in [-0.3, -0.25) is 0 Å². The minimum Gasteiger partial charge on any atom is -0.496 e. The van der Waals surface area contributed by atoms with E-state index < -0.39 is 0 Å². The van der Waals surface area contributed by atoms with Gasteiger partial charge in [0.15, 0.2) is 0 Å². The molecule has 24 heteroatoms. The smallest absolute Gasteiger partial charge is 0.140 e. The Hall–Kier alpha value is -11.4. The van der Waals surface area contributed by atoms with Gasteiger partial charge in [0.05, 0.1) is 68.8 Å². The van der Waals surface area contributed by atoms with Crippen LogP contribution in [-0.4, -0.2) is 234 Å². The van der Waals surface area contributed by atoms with Crippen molar-refractivity contribution in [3.05, 3.63) is 215 Å². The van der Waals surface area contributed by atoms with Crippen molar-refractivity contribution in [2.45, 2.75) is 219 Å². The van der Waals surface area contributed by atoms with Crippen molar-refractivity contribution >= 4 is 89.6 Å². The molecule has 8 aliphatic heterocycles. The third-order valence-electron chi connectivity index (χ3n) is 32.0. The number of β-amino-alcohol motifs (C(OH)–C–C–N with tert-alkyl or cyclic N) is 1. The van der Waals surface area contributed by atoms with Crippen LogP contribution in [0.3, 0.4) is 0 Å². The number of fused-ring (bicyclic) bond motifs is 4. The summed E-state index contributed by atoms with van der Waals surface area (Å²) in [6, 6.07) is 61.4. The first kappa shape index (κ1) is 92.9. The Morgan fingerprint density at radius 2 is 0.500 bits per heavy atom. The minimum absolute atomic E-state index is 0.166. The SMILES string of the molecule is COc1ccccc1C1CCN(c2nc(C3CC3)nc3ccc(N4CCC(N(C)C)CC4)cc23)CC1.COc1ccccc1C1CCN(c2nc(C3CC3)nc3ccc(N4CCC(O)C4)cc23)CC1.COc1ccccc1C1CCN(c2nc(C3CC3)nc3ccc(N4CCC(O)CC4)cc23)CC1.COc1ccccc1C1CCN(c2nc(C3CC3)nc3ccc(N4CCC(OC)CC4)cc23)CC1. The largest absolute Gasteiger partial charge is 0.496 e. The Bertz CT molecular complexity index is 6190. The van der Waals surface area contributed by atoms with Crippen LogP contribution in [0.1, 0.15) is 241 Å². The van der Waals surface area contributed by atoms with Gasteiger partial charge < -0.3 is 78.0 Å². The molecular formula is C114H141N17O7. The Morgan fingerprint density at radius 3 is 0.754 bits per heavy atom. The van der Waals surface area contributed by atoms with Gasteiger partial charge in [-0.1, -0.05) is 72.8 Å². The van der Waals surface area contributed by atoms with E-state index in [-0.39, 0.29) is 12.2 Å². The molecule has 8 saturated heterocycles. The van der Waals surface area contributed by atoms with Gasteiger partial charge >= 0.3 is 0 Å². The standard InChI is InChI=1S/C30H39N5O.C29H36N4O2.C28H34N4O2.C27H32N4O2/c1-33(2)23-14-18-34(19-15-23)24-10-11-27-26(20-24)30(32-29(31-27)22-8-9-22)35-16-12-21(13-17-35)25-6-4-5-7-28(25)36-3;1-34-23-13-17-32(18-14-23)22-9-10-26-25(19-22)29(31-28(30-26)21-7-8-21)33-15-11-20(12-16-33)24-5-3-4-6-27(24)35-2;1-34-26-5-3-2-4-23(26)19-10-14-32(15-11-19)28-24-18-21(31-16-12-22(33)13-17-31)8-9-25(24)29-27(30-28)20-6-7-20;1-33-25-5-3-2-4-22(25)18-10-13-30(14-11-18)27-23-16-20(31-15-12-21(32)17-31)8-9-24(23)28-26(29-27)19-6-7-19/h4-7,10-11,20-23H,8-9,12-19H2,1-3H3;3-6,9-10,19-21,23H,7-8,11-18H2,1-2H3;2-5,8-9,18-20,22,33H,6-7,10-17H2,1H3;2-5,8-9,16,18-19,21,32H,6-7,10-15,17H2,1H3. The first-order valence-corrected chi connectivity index (χ1v) is 52.1. The van der Waals surface area contributed by atoms with E-state index in [0.717, 1.165) is 290 Å². The van der Waals surface area contributed by atoms with Gasteiger partial charge in [0.1, 0.15) is 69.6 Å². The highest BCUT2D eigenvalue weighted by molar-refractivity contribution is 5.96. The molecule has 12 aromatic rings. The van der Waals surface area contributed by atoms with Crippen molar-refractivity contribution in [2.24, 2.45) is 0 Å². The predicted octanol–water partition coefficient (Wildman–Crippen LogP) is 20.3. The van der Waals surface area contributed by atoms with E-state index in [1.165, 1.54) is 114 Å². The van der Waals surface area contributed by atoms with Gasteiger partial charge in [-0.25, -0.2) is 39.9 Å². The maximum atomic E-state index is 10.0.